The third-order valence-electron chi connectivity index (χ3n) is 0.406. The Bertz CT molecular complexity index is 118. The molecule has 0 aliphatic rings. The van der Waals surface area contributed by atoms with E-state index in [0.717, 1.165) is 0 Å². The Kier molecular flexibility index (Phi) is 1.96. The van der Waals surface area contributed by atoms with Crippen molar-refractivity contribution >= 4 is 17.2 Å². The third-order valence-corrected chi connectivity index (χ3v) is 3.65. The van der Waals surface area contributed by atoms with Crippen LogP contribution in [0, 0.1) is 10.7 Å². The van der Waals surface area contributed by atoms with Crippen LogP contribution in [-0.2, 0) is 0 Å². The summed E-state index contributed by atoms with van der Waals surface area (Å²) >= 11 is 1.43. The zero-order chi connectivity index (χ0) is 6.86. The molecule has 0 aromatic carbocycles. The van der Waals surface area contributed by atoms with Crippen molar-refractivity contribution in [3.05, 3.63) is 0 Å². The molecule has 0 bridgehead atoms. The molecule has 8 heavy (non-hydrogen) atoms. The fraction of sp³-hybridized carbons (Fsp3) is 0.800. The third kappa shape index (κ3) is 6.27. The van der Waals surface area contributed by atoms with Gasteiger partial charge in [0.15, 0.2) is 0 Å². The number of hydrogen-bond acceptors (Lipinski definition) is 2. The summed E-state index contributed by atoms with van der Waals surface area (Å²) in [7, 11) is 0. The van der Waals surface area contributed by atoms with E-state index in [1.54, 1.807) is 0 Å². The van der Waals surface area contributed by atoms with E-state index >= 15 is 0 Å². The van der Waals surface area contributed by atoms with Crippen LogP contribution < -0.4 is 0 Å². The first kappa shape index (κ1) is 8.27. The van der Waals surface area contributed by atoms with Gasteiger partial charge in [0, 0.05) is 0 Å². The molecule has 0 aromatic rings. The van der Waals surface area contributed by atoms with E-state index in [4.69, 9.17) is 5.26 Å². The van der Waals surface area contributed by atoms with Crippen LogP contribution in [0.1, 0.15) is 0 Å². The predicted molar refractivity (Wildman–Crippen MR) is 43.8 cm³/mol. The number of rotatable bonds is 1. The van der Waals surface area contributed by atoms with Gasteiger partial charge < -0.3 is 0 Å². The van der Waals surface area contributed by atoms with Crippen molar-refractivity contribution in [1.82, 2.24) is 0 Å². The number of thiocyanates is 1. The predicted octanol–water partition coefficient (Wildman–Crippen LogP) is 2.19. The molecule has 0 saturated heterocycles. The molecule has 0 radical (unpaired) electrons. The Morgan fingerprint density at radius 1 is 1.25 bits per heavy atom. The van der Waals surface area contributed by atoms with Crippen molar-refractivity contribution < 1.29 is 0 Å². The molecule has 0 amide bonds. The molecule has 0 fully saturated rings. The van der Waals surface area contributed by atoms with Gasteiger partial charge in [0.05, 0.1) is 0 Å². The molecule has 0 unspecified atom stereocenters. The van der Waals surface area contributed by atoms with Crippen LogP contribution in [0.4, 0.5) is 0 Å². The molecule has 1 nitrogen and oxygen atoms in total. The molecule has 0 aliphatic carbocycles. The van der Waals surface area contributed by atoms with Crippen molar-refractivity contribution in [2.75, 3.05) is 26.7 Å². The van der Waals surface area contributed by atoms with Crippen LogP contribution in [0.2, 0.25) is 0 Å². The van der Waals surface area contributed by atoms with Crippen LogP contribution in [0.5, 0.6) is 0 Å². The first-order valence-corrected chi connectivity index (χ1v) is 7.85. The van der Waals surface area contributed by atoms with Crippen molar-refractivity contribution in [3.8, 4) is 5.40 Å². The van der Waals surface area contributed by atoms with Crippen LogP contribution in [0.15, 0.2) is 0 Å². The minimum absolute atomic E-state index is 1.43. The van der Waals surface area contributed by atoms with Crippen molar-refractivity contribution in [2.45, 2.75) is 0 Å². The van der Waals surface area contributed by atoms with Gasteiger partial charge in [-0.2, -0.15) is 0 Å². The second-order valence-corrected chi connectivity index (χ2v) is 15.7. The van der Waals surface area contributed by atoms with Gasteiger partial charge >= 0.3 is 54.5 Å². The van der Waals surface area contributed by atoms with Crippen LogP contribution in [-0.4, -0.2) is 26.7 Å². The van der Waals surface area contributed by atoms with Gasteiger partial charge in [-0.25, -0.2) is 0 Å². The quantitative estimate of drug-likeness (QED) is 0.421. The Morgan fingerprint density at radius 3 is 1.62 bits per heavy atom. The molecule has 0 rings (SSSR count). The Balaban J connectivity index is 3.98. The Morgan fingerprint density at radius 2 is 1.62 bits per heavy atom. The minimum atomic E-state index is -1.55. The van der Waals surface area contributed by atoms with E-state index in [-0.39, 0.29) is 0 Å². The first-order chi connectivity index (χ1) is 3.31. The van der Waals surface area contributed by atoms with Crippen LogP contribution >= 0.6 is 17.2 Å². The second kappa shape index (κ2) is 1.90. The molecular weight excluding hydrogens is 137 g/mol. The Hall–Kier alpha value is 0.270. The molecule has 0 spiro atoms. The Labute approximate surface area is 55.1 Å². The summed E-state index contributed by atoms with van der Waals surface area (Å²) in [5.41, 5.74) is 0. The van der Waals surface area contributed by atoms with Crippen molar-refractivity contribution in [1.29, 1.82) is 5.26 Å². The molecule has 48 valence electrons. The van der Waals surface area contributed by atoms with Gasteiger partial charge in [-0.3, -0.25) is 0 Å². The van der Waals surface area contributed by atoms with Gasteiger partial charge in [0.25, 0.3) is 0 Å². The number of nitrogens with zero attached hydrogens (tertiary/aromatic N) is 1. The molecule has 0 aliphatic heterocycles. The molecule has 0 aromatic heterocycles. The van der Waals surface area contributed by atoms with E-state index in [1.807, 2.05) is 0 Å². The topological polar surface area (TPSA) is 23.8 Å². The average molecular weight is 149 g/mol. The van der Waals surface area contributed by atoms with Gasteiger partial charge in [-0.1, -0.05) is 0 Å². The van der Waals surface area contributed by atoms with E-state index < -0.39 is 5.81 Å². The fourth-order valence-electron chi connectivity index (χ4n) is 0.163. The molecule has 0 heterocycles. The summed E-state index contributed by atoms with van der Waals surface area (Å²) in [4.78, 5) is 0. The number of nitriles is 1. The first-order valence-electron chi connectivity index (χ1n) is 2.40. The van der Waals surface area contributed by atoms with Crippen LogP contribution in [0.3, 0.4) is 0 Å². The van der Waals surface area contributed by atoms with Gasteiger partial charge in [-0.05, 0) is 0 Å². The van der Waals surface area contributed by atoms with Crippen molar-refractivity contribution in [2.24, 2.45) is 0 Å². The van der Waals surface area contributed by atoms with E-state index in [9.17, 15) is 0 Å². The summed E-state index contributed by atoms with van der Waals surface area (Å²) in [5.74, 6) is -1.55. The fourth-order valence-corrected chi connectivity index (χ4v) is 1.47. The van der Waals surface area contributed by atoms with E-state index in [2.05, 4.69) is 32.1 Å². The van der Waals surface area contributed by atoms with Gasteiger partial charge in [-0.15, -0.1) is 0 Å². The normalized spacial score (nSPS) is 16.1. The maximum atomic E-state index is 8.31. The SMILES string of the molecule is CP(C)(C)(C)SC#N. The monoisotopic (exact) mass is 149 g/mol. The molecule has 0 atom stereocenters. The van der Waals surface area contributed by atoms with Gasteiger partial charge in [0.1, 0.15) is 0 Å². The molecule has 0 saturated carbocycles. The van der Waals surface area contributed by atoms with Crippen molar-refractivity contribution in [3.63, 3.8) is 0 Å². The standard InChI is InChI=1S/C5H12NPS/c1-7(2,3,4)8-5-6/h1-4H3. The maximum absolute atomic E-state index is 8.31. The summed E-state index contributed by atoms with van der Waals surface area (Å²) in [6.07, 6.45) is 0. The average Bonchev–Trinajstić information content (AvgIpc) is 1.25. The number of hydrogen-bond donors (Lipinski definition) is 0. The van der Waals surface area contributed by atoms with E-state index in [1.165, 1.54) is 11.4 Å². The van der Waals surface area contributed by atoms with Gasteiger partial charge in [0.2, 0.25) is 0 Å². The summed E-state index contributed by atoms with van der Waals surface area (Å²) in [6.45, 7) is 8.66. The molecule has 0 N–H and O–H groups in total. The summed E-state index contributed by atoms with van der Waals surface area (Å²) in [5, 5.41) is 10.4. The summed E-state index contributed by atoms with van der Waals surface area (Å²) in [6, 6.07) is 0. The van der Waals surface area contributed by atoms with Crippen LogP contribution in [0.25, 0.3) is 0 Å². The molecular formula is C5H12NPS. The zero-order valence-corrected chi connectivity index (χ0v) is 7.51. The summed E-state index contributed by atoms with van der Waals surface area (Å²) < 4.78 is 0. The van der Waals surface area contributed by atoms with E-state index in [0.29, 0.717) is 0 Å². The zero-order valence-electron chi connectivity index (χ0n) is 5.80. The second-order valence-electron chi connectivity index (χ2n) is 3.60. The molecule has 3 heteroatoms.